The molecule has 0 atom stereocenters. The van der Waals surface area contributed by atoms with E-state index in [2.05, 4.69) is 10.1 Å². The molecule has 0 aromatic rings. The number of carbonyl (C=O) groups is 3. The molecule has 0 radical (unpaired) electrons. The molecule has 8 heteroatoms. The Morgan fingerprint density at radius 1 is 1.56 bits per heavy atom. The number of esters is 1. The summed E-state index contributed by atoms with van der Waals surface area (Å²) in [5.41, 5.74) is 0. The van der Waals surface area contributed by atoms with Crippen molar-refractivity contribution in [1.29, 1.82) is 5.41 Å². The normalized spacial score (nSPS) is 17.2. The van der Waals surface area contributed by atoms with E-state index in [1.807, 2.05) is 0 Å². The molecule has 18 heavy (non-hydrogen) atoms. The van der Waals surface area contributed by atoms with Gasteiger partial charge in [0.2, 0.25) is 5.91 Å². The van der Waals surface area contributed by atoms with E-state index in [1.165, 1.54) is 7.11 Å². The van der Waals surface area contributed by atoms with Gasteiger partial charge in [-0.2, -0.15) is 0 Å². The third kappa shape index (κ3) is 3.33. The van der Waals surface area contributed by atoms with Gasteiger partial charge in [-0.05, 0) is 18.7 Å². The van der Waals surface area contributed by atoms with Crippen LogP contribution < -0.4 is 5.32 Å². The molecular weight excluding hydrogens is 258 g/mol. The lowest BCUT2D eigenvalue weighted by Crippen LogP contribution is -2.39. The highest BCUT2D eigenvalue weighted by Crippen LogP contribution is 2.29. The average Bonchev–Trinajstić information content (AvgIpc) is 2.57. The first-order chi connectivity index (χ1) is 8.49. The van der Waals surface area contributed by atoms with Crippen molar-refractivity contribution >= 4 is 34.7 Å². The number of likely N-dealkylation sites (N-methyl/N-ethyl adjacent to an activating group) is 1. The van der Waals surface area contributed by atoms with Gasteiger partial charge in [0.25, 0.3) is 5.91 Å². The summed E-state index contributed by atoms with van der Waals surface area (Å²) in [6.07, 6.45) is 1.01. The molecular formula is C10H13N3O4S. The van der Waals surface area contributed by atoms with E-state index in [4.69, 9.17) is 5.41 Å². The van der Waals surface area contributed by atoms with Crippen LogP contribution >= 0.6 is 11.8 Å². The van der Waals surface area contributed by atoms with Crippen molar-refractivity contribution in [2.75, 3.05) is 20.2 Å². The summed E-state index contributed by atoms with van der Waals surface area (Å²) in [6.45, 7) is 1.98. The fraction of sp³-hybridized carbons (Fsp3) is 0.400. The Kier molecular flexibility index (Phi) is 4.90. The number of hydrogen-bond acceptors (Lipinski definition) is 6. The van der Waals surface area contributed by atoms with Crippen LogP contribution in [0.25, 0.3) is 0 Å². The van der Waals surface area contributed by atoms with Crippen LogP contribution in [0.2, 0.25) is 0 Å². The topological polar surface area (TPSA) is 99.6 Å². The van der Waals surface area contributed by atoms with Crippen molar-refractivity contribution in [3.05, 3.63) is 11.0 Å². The van der Waals surface area contributed by atoms with Crippen molar-refractivity contribution in [1.82, 2.24) is 10.2 Å². The van der Waals surface area contributed by atoms with Gasteiger partial charge in [0.1, 0.15) is 6.54 Å². The summed E-state index contributed by atoms with van der Waals surface area (Å²) in [5, 5.41) is 10.0. The van der Waals surface area contributed by atoms with Gasteiger partial charge in [-0.25, -0.2) is 4.79 Å². The van der Waals surface area contributed by atoms with E-state index in [0.29, 0.717) is 6.54 Å². The number of carbonyl (C=O) groups excluding carboxylic acids is 3. The molecule has 1 aliphatic heterocycles. The molecule has 2 N–H and O–H groups in total. The van der Waals surface area contributed by atoms with E-state index in [1.54, 1.807) is 6.92 Å². The molecule has 0 saturated carbocycles. The SMILES string of the molecule is CCNC(=O)CN1C(=N)S/C(=C\C(=O)OC)C1=O. The predicted molar refractivity (Wildman–Crippen MR) is 65.8 cm³/mol. The summed E-state index contributed by atoms with van der Waals surface area (Å²) in [4.78, 5) is 35.3. The Hall–Kier alpha value is -1.83. The highest BCUT2D eigenvalue weighted by molar-refractivity contribution is 8.18. The first kappa shape index (κ1) is 14.2. The molecule has 1 rings (SSSR count). The van der Waals surface area contributed by atoms with Crippen molar-refractivity contribution in [2.24, 2.45) is 0 Å². The summed E-state index contributed by atoms with van der Waals surface area (Å²) in [5.74, 6) is -1.56. The number of hydrogen-bond donors (Lipinski definition) is 2. The van der Waals surface area contributed by atoms with Crippen LogP contribution in [0.15, 0.2) is 11.0 Å². The van der Waals surface area contributed by atoms with E-state index in [0.717, 1.165) is 22.7 Å². The van der Waals surface area contributed by atoms with Crippen molar-refractivity contribution in [2.45, 2.75) is 6.92 Å². The number of amides is 2. The molecule has 0 aliphatic carbocycles. The third-order valence-electron chi connectivity index (χ3n) is 2.03. The predicted octanol–water partition coefficient (Wildman–Crippen LogP) is -0.310. The molecule has 0 aromatic carbocycles. The van der Waals surface area contributed by atoms with Gasteiger partial charge >= 0.3 is 5.97 Å². The van der Waals surface area contributed by atoms with E-state index in [-0.39, 0.29) is 22.5 Å². The third-order valence-corrected chi connectivity index (χ3v) is 2.96. The molecule has 2 amide bonds. The highest BCUT2D eigenvalue weighted by Gasteiger charge is 2.34. The van der Waals surface area contributed by atoms with Crippen LogP contribution in [-0.4, -0.2) is 48.1 Å². The molecule has 1 fully saturated rings. The van der Waals surface area contributed by atoms with E-state index in [9.17, 15) is 14.4 Å². The number of nitrogens with one attached hydrogen (secondary N) is 2. The van der Waals surface area contributed by atoms with Gasteiger partial charge in [0, 0.05) is 12.6 Å². The largest absolute Gasteiger partial charge is 0.466 e. The first-order valence-electron chi connectivity index (χ1n) is 5.14. The quantitative estimate of drug-likeness (QED) is 0.539. The van der Waals surface area contributed by atoms with Gasteiger partial charge in [-0.15, -0.1) is 0 Å². The van der Waals surface area contributed by atoms with Crippen LogP contribution in [-0.2, 0) is 19.1 Å². The second kappa shape index (κ2) is 6.20. The minimum Gasteiger partial charge on any atom is -0.466 e. The maximum Gasteiger partial charge on any atom is 0.331 e. The maximum atomic E-state index is 11.8. The van der Waals surface area contributed by atoms with Gasteiger partial charge in [0.05, 0.1) is 12.0 Å². The lowest BCUT2D eigenvalue weighted by Gasteiger charge is -2.13. The van der Waals surface area contributed by atoms with Crippen LogP contribution in [0.1, 0.15) is 6.92 Å². The van der Waals surface area contributed by atoms with Crippen LogP contribution in [0.3, 0.4) is 0 Å². The molecule has 7 nitrogen and oxygen atoms in total. The van der Waals surface area contributed by atoms with Crippen molar-refractivity contribution in [3.8, 4) is 0 Å². The molecule has 1 heterocycles. The second-order valence-electron chi connectivity index (χ2n) is 3.28. The Balaban J connectivity index is 2.76. The molecule has 0 bridgehead atoms. The smallest absolute Gasteiger partial charge is 0.331 e. The minimum absolute atomic E-state index is 0.0798. The molecule has 0 aromatic heterocycles. The number of thioether (sulfide) groups is 1. The van der Waals surface area contributed by atoms with Gasteiger partial charge in [-0.1, -0.05) is 0 Å². The lowest BCUT2D eigenvalue weighted by atomic mass is 10.4. The zero-order chi connectivity index (χ0) is 13.7. The second-order valence-corrected chi connectivity index (χ2v) is 4.31. The summed E-state index contributed by atoms with van der Waals surface area (Å²) < 4.78 is 4.40. The Bertz CT molecular complexity index is 433. The minimum atomic E-state index is -0.668. The molecule has 1 aliphatic rings. The van der Waals surface area contributed by atoms with E-state index < -0.39 is 11.9 Å². The maximum absolute atomic E-state index is 11.8. The fourth-order valence-electron chi connectivity index (χ4n) is 1.23. The monoisotopic (exact) mass is 271 g/mol. The Labute approximate surface area is 108 Å². The zero-order valence-corrected chi connectivity index (χ0v) is 10.8. The molecule has 0 spiro atoms. The molecule has 98 valence electrons. The number of nitrogens with zero attached hydrogens (tertiary/aromatic N) is 1. The number of methoxy groups -OCH3 is 1. The van der Waals surface area contributed by atoms with Crippen molar-refractivity contribution in [3.63, 3.8) is 0 Å². The summed E-state index contributed by atoms with van der Waals surface area (Å²) >= 11 is 0.825. The first-order valence-corrected chi connectivity index (χ1v) is 5.95. The lowest BCUT2D eigenvalue weighted by molar-refractivity contribution is -0.135. The number of ether oxygens (including phenoxy) is 1. The Morgan fingerprint density at radius 2 is 2.22 bits per heavy atom. The van der Waals surface area contributed by atoms with Crippen LogP contribution in [0, 0.1) is 5.41 Å². The average molecular weight is 271 g/mol. The highest BCUT2D eigenvalue weighted by atomic mass is 32.2. The van der Waals surface area contributed by atoms with Crippen LogP contribution in [0.5, 0.6) is 0 Å². The Morgan fingerprint density at radius 3 is 2.78 bits per heavy atom. The number of rotatable bonds is 4. The summed E-state index contributed by atoms with van der Waals surface area (Å²) in [6, 6.07) is 0. The van der Waals surface area contributed by atoms with Gasteiger partial charge in [-0.3, -0.25) is 19.9 Å². The van der Waals surface area contributed by atoms with Gasteiger partial charge in [0.15, 0.2) is 5.17 Å². The summed E-state index contributed by atoms with van der Waals surface area (Å²) in [7, 11) is 1.20. The van der Waals surface area contributed by atoms with Gasteiger partial charge < -0.3 is 10.1 Å². The zero-order valence-electron chi connectivity index (χ0n) is 9.98. The van der Waals surface area contributed by atoms with Crippen LogP contribution in [0.4, 0.5) is 0 Å². The molecule has 0 unspecified atom stereocenters. The number of amidine groups is 1. The molecule has 1 saturated heterocycles. The van der Waals surface area contributed by atoms with Crippen molar-refractivity contribution < 1.29 is 19.1 Å². The standard InChI is InChI=1S/C10H13N3O4S/c1-3-12-7(14)5-13-9(16)6(18-10(13)11)4-8(15)17-2/h4,11H,3,5H2,1-2H3,(H,12,14)/b6-4-,11-10?. The fourth-order valence-corrected chi connectivity index (χ4v) is 2.04. The van der Waals surface area contributed by atoms with E-state index >= 15 is 0 Å².